The summed E-state index contributed by atoms with van der Waals surface area (Å²) in [6, 6.07) is 0. The maximum Gasteiger partial charge on any atom is 0.414 e. The Hall–Kier alpha value is -0.290. The van der Waals surface area contributed by atoms with Crippen molar-refractivity contribution in [3.8, 4) is 0 Å². The maximum atomic E-state index is 13.2. The molecule has 0 bridgehead atoms. The second-order valence-electron chi connectivity index (χ2n) is 12.0. The first-order chi connectivity index (χ1) is 13.9. The minimum atomic E-state index is -4.53. The first-order valence-corrected chi connectivity index (χ1v) is 12.3. The Morgan fingerprint density at radius 1 is 0.933 bits per heavy atom. The Balaban J connectivity index is 1.54. The molecular formula is C25H41F3O2. The van der Waals surface area contributed by atoms with E-state index in [1.54, 1.807) is 6.92 Å². The van der Waals surface area contributed by atoms with Gasteiger partial charge in [-0.15, -0.1) is 0 Å². The van der Waals surface area contributed by atoms with E-state index in [0.29, 0.717) is 23.7 Å². The van der Waals surface area contributed by atoms with E-state index in [9.17, 15) is 23.4 Å². The Bertz CT molecular complexity index is 651. The monoisotopic (exact) mass is 430 g/mol. The van der Waals surface area contributed by atoms with Crippen molar-refractivity contribution in [1.29, 1.82) is 0 Å². The van der Waals surface area contributed by atoms with Gasteiger partial charge in [0, 0.05) is 0 Å². The van der Waals surface area contributed by atoms with Crippen molar-refractivity contribution in [2.45, 2.75) is 110 Å². The zero-order valence-electron chi connectivity index (χ0n) is 19.1. The SMILES string of the molecule is CC[C@@]1(O)CC[C@@]2(C)[C@H](CC[C@@H]3[C@@H]2CC[C@]2(C)[C@@H]([C@H](C)[C@H](O)C(F)(F)F)CC[C@@H]32)C1. The van der Waals surface area contributed by atoms with Gasteiger partial charge in [-0.3, -0.25) is 0 Å². The summed E-state index contributed by atoms with van der Waals surface area (Å²) in [5, 5.41) is 20.9. The van der Waals surface area contributed by atoms with Crippen LogP contribution in [0.1, 0.15) is 91.9 Å². The van der Waals surface area contributed by atoms with E-state index < -0.39 is 23.8 Å². The van der Waals surface area contributed by atoms with Crippen molar-refractivity contribution in [3.63, 3.8) is 0 Å². The van der Waals surface area contributed by atoms with Gasteiger partial charge in [0.25, 0.3) is 0 Å². The van der Waals surface area contributed by atoms with E-state index >= 15 is 0 Å². The molecule has 4 aliphatic rings. The zero-order valence-corrected chi connectivity index (χ0v) is 19.1. The zero-order chi connectivity index (χ0) is 22.1. The van der Waals surface area contributed by atoms with Crippen LogP contribution in [0, 0.1) is 46.3 Å². The minimum Gasteiger partial charge on any atom is -0.390 e. The van der Waals surface area contributed by atoms with Crippen molar-refractivity contribution >= 4 is 0 Å². The van der Waals surface area contributed by atoms with Gasteiger partial charge in [-0.1, -0.05) is 27.7 Å². The molecule has 0 aliphatic heterocycles. The summed E-state index contributed by atoms with van der Waals surface area (Å²) in [4.78, 5) is 0. The third-order valence-corrected chi connectivity index (χ3v) is 11.0. The molecule has 0 unspecified atom stereocenters. The molecular weight excluding hydrogens is 389 g/mol. The molecule has 2 nitrogen and oxygen atoms in total. The summed E-state index contributed by atoms with van der Waals surface area (Å²) in [5.41, 5.74) is -0.322. The molecule has 0 aromatic heterocycles. The van der Waals surface area contributed by atoms with Gasteiger partial charge in [-0.25, -0.2) is 0 Å². The fourth-order valence-electron chi connectivity index (χ4n) is 9.07. The van der Waals surface area contributed by atoms with Crippen LogP contribution < -0.4 is 0 Å². The highest BCUT2D eigenvalue weighted by Crippen LogP contribution is 2.69. The number of halogens is 3. The van der Waals surface area contributed by atoms with Gasteiger partial charge in [0.2, 0.25) is 0 Å². The molecule has 0 radical (unpaired) electrons. The van der Waals surface area contributed by atoms with E-state index in [2.05, 4.69) is 20.8 Å². The normalized spacial score (nSPS) is 50.9. The number of hydrogen-bond donors (Lipinski definition) is 2. The summed E-state index contributed by atoms with van der Waals surface area (Å²) in [5.74, 6) is 1.49. The third kappa shape index (κ3) is 3.36. The molecule has 4 rings (SSSR count). The first-order valence-electron chi connectivity index (χ1n) is 12.3. The fourth-order valence-corrected chi connectivity index (χ4v) is 9.07. The molecule has 0 aromatic rings. The molecule has 5 heteroatoms. The van der Waals surface area contributed by atoms with Gasteiger partial charge in [0.1, 0.15) is 0 Å². The van der Waals surface area contributed by atoms with Gasteiger partial charge < -0.3 is 10.2 Å². The summed E-state index contributed by atoms with van der Waals surface area (Å²) in [6.45, 7) is 8.40. The number of alkyl halides is 3. The van der Waals surface area contributed by atoms with Crippen LogP contribution in [0.25, 0.3) is 0 Å². The molecule has 0 saturated heterocycles. The molecule has 10 atom stereocenters. The lowest BCUT2D eigenvalue weighted by molar-refractivity contribution is -0.228. The summed E-state index contributed by atoms with van der Waals surface area (Å²) in [6.07, 6.45) is 3.19. The molecule has 0 amide bonds. The largest absolute Gasteiger partial charge is 0.414 e. The smallest absolute Gasteiger partial charge is 0.390 e. The molecule has 0 heterocycles. The average Bonchev–Trinajstić information content (AvgIpc) is 3.04. The van der Waals surface area contributed by atoms with Crippen molar-refractivity contribution in [3.05, 3.63) is 0 Å². The van der Waals surface area contributed by atoms with Crippen molar-refractivity contribution < 1.29 is 23.4 Å². The van der Waals surface area contributed by atoms with Crippen LogP contribution in [0.3, 0.4) is 0 Å². The summed E-state index contributed by atoms with van der Waals surface area (Å²) < 4.78 is 39.7. The second kappa shape index (κ2) is 7.37. The average molecular weight is 431 g/mol. The predicted octanol–water partition coefficient (Wildman–Crippen LogP) is 6.35. The number of fused-ring (bicyclic) bond motifs is 5. The topological polar surface area (TPSA) is 40.5 Å². The third-order valence-electron chi connectivity index (χ3n) is 11.0. The standard InChI is InChI=1S/C25H41F3O2/c1-5-24(30)13-12-22(3)16(14-24)6-7-17-19-9-8-18(15(2)21(29)25(26,27)28)23(19,4)11-10-20(17)22/h15-21,29-30H,5-14H2,1-4H3/t15-,16+,17-,18+,19-,20-,21-,22-,23+,24+/m0/s1. The van der Waals surface area contributed by atoms with Gasteiger partial charge in [-0.2, -0.15) is 13.2 Å². The summed E-state index contributed by atoms with van der Waals surface area (Å²) in [7, 11) is 0. The maximum absolute atomic E-state index is 13.2. The lowest BCUT2D eigenvalue weighted by atomic mass is 9.43. The highest BCUT2D eigenvalue weighted by molar-refractivity contribution is 5.11. The van der Waals surface area contributed by atoms with Crippen LogP contribution in [-0.4, -0.2) is 28.1 Å². The van der Waals surface area contributed by atoms with Crippen LogP contribution in [0.2, 0.25) is 0 Å². The molecule has 30 heavy (non-hydrogen) atoms. The van der Waals surface area contributed by atoms with E-state index in [-0.39, 0.29) is 16.7 Å². The number of rotatable bonds is 3. The number of hydrogen-bond acceptors (Lipinski definition) is 2. The molecule has 2 N–H and O–H groups in total. The van der Waals surface area contributed by atoms with Gasteiger partial charge >= 0.3 is 6.18 Å². The predicted molar refractivity (Wildman–Crippen MR) is 112 cm³/mol. The Morgan fingerprint density at radius 2 is 1.60 bits per heavy atom. The molecule has 0 spiro atoms. The highest BCUT2D eigenvalue weighted by atomic mass is 19.4. The Morgan fingerprint density at radius 3 is 2.23 bits per heavy atom. The van der Waals surface area contributed by atoms with Crippen LogP contribution in [0.5, 0.6) is 0 Å². The lowest BCUT2D eigenvalue weighted by Crippen LogP contribution is -2.56. The summed E-state index contributed by atoms with van der Waals surface area (Å²) >= 11 is 0. The first kappa shape index (κ1) is 22.9. The van der Waals surface area contributed by atoms with E-state index in [0.717, 1.165) is 64.2 Å². The van der Waals surface area contributed by atoms with Crippen molar-refractivity contribution in [1.82, 2.24) is 0 Å². The van der Waals surface area contributed by atoms with Crippen LogP contribution in [-0.2, 0) is 0 Å². The molecule has 0 aromatic carbocycles. The molecule has 174 valence electrons. The number of aliphatic hydroxyl groups is 2. The Labute approximate surface area is 180 Å². The molecule has 4 aliphatic carbocycles. The minimum absolute atomic E-state index is 0.0536. The van der Waals surface area contributed by atoms with Crippen LogP contribution in [0.4, 0.5) is 13.2 Å². The quantitative estimate of drug-likeness (QED) is 0.548. The van der Waals surface area contributed by atoms with E-state index in [1.165, 1.54) is 0 Å². The van der Waals surface area contributed by atoms with E-state index in [4.69, 9.17) is 0 Å². The molecule has 4 saturated carbocycles. The van der Waals surface area contributed by atoms with Gasteiger partial charge in [0.05, 0.1) is 5.60 Å². The van der Waals surface area contributed by atoms with Crippen molar-refractivity contribution in [2.75, 3.05) is 0 Å². The number of aliphatic hydroxyl groups excluding tert-OH is 1. The van der Waals surface area contributed by atoms with Gasteiger partial charge in [0.15, 0.2) is 6.10 Å². The highest BCUT2D eigenvalue weighted by Gasteiger charge is 2.62. The van der Waals surface area contributed by atoms with Crippen molar-refractivity contribution in [2.24, 2.45) is 46.3 Å². The molecule has 4 fully saturated rings. The van der Waals surface area contributed by atoms with Crippen LogP contribution in [0.15, 0.2) is 0 Å². The van der Waals surface area contributed by atoms with E-state index in [1.807, 2.05) is 0 Å². The second-order valence-corrected chi connectivity index (χ2v) is 12.0. The lowest BCUT2D eigenvalue weighted by Gasteiger charge is -2.62. The van der Waals surface area contributed by atoms with Crippen LogP contribution >= 0.6 is 0 Å². The van der Waals surface area contributed by atoms with Gasteiger partial charge in [-0.05, 0) is 111 Å². The fraction of sp³-hybridized carbons (Fsp3) is 1.00. The Kier molecular flexibility index (Phi) is 5.62.